The van der Waals surface area contributed by atoms with E-state index in [2.05, 4.69) is 17.6 Å². The molecule has 20 heavy (non-hydrogen) atoms. The summed E-state index contributed by atoms with van der Waals surface area (Å²) in [5.74, 6) is -0.439. The van der Waals surface area contributed by atoms with E-state index in [0.29, 0.717) is 24.2 Å². The van der Waals surface area contributed by atoms with E-state index < -0.39 is 5.97 Å². The molecule has 1 aromatic rings. The van der Waals surface area contributed by atoms with Gasteiger partial charge in [0.2, 0.25) is 0 Å². The summed E-state index contributed by atoms with van der Waals surface area (Å²) < 4.78 is 4.79. The van der Waals surface area contributed by atoms with E-state index in [9.17, 15) is 9.59 Å². The average Bonchev–Trinajstić information content (AvgIpc) is 2.46. The molecule has 0 unspecified atom stereocenters. The van der Waals surface area contributed by atoms with Gasteiger partial charge in [-0.1, -0.05) is 32.4 Å². The molecule has 0 radical (unpaired) electrons. The van der Waals surface area contributed by atoms with Gasteiger partial charge in [-0.25, -0.2) is 9.59 Å². The summed E-state index contributed by atoms with van der Waals surface area (Å²) >= 11 is 0. The van der Waals surface area contributed by atoms with Crippen LogP contribution in [-0.4, -0.2) is 25.7 Å². The zero-order valence-corrected chi connectivity index (χ0v) is 12.3. The van der Waals surface area contributed by atoms with Crippen LogP contribution in [0.25, 0.3) is 0 Å². The Morgan fingerprint density at radius 1 is 1.25 bits per heavy atom. The number of carbonyl (C=O) groups excluding carboxylic acids is 2. The normalized spacial score (nSPS) is 9.95. The van der Waals surface area contributed by atoms with Gasteiger partial charge in [-0.15, -0.1) is 0 Å². The molecular weight excluding hydrogens is 256 g/mol. The SMILES string of the molecule is CCCCNC(=O)Nc1cccc(CC)c1C(=O)OC. The van der Waals surface area contributed by atoms with Crippen molar-refractivity contribution >= 4 is 17.7 Å². The number of esters is 1. The smallest absolute Gasteiger partial charge is 0.340 e. The number of hydrogen-bond acceptors (Lipinski definition) is 3. The Labute approximate surface area is 119 Å². The van der Waals surface area contributed by atoms with Crippen molar-refractivity contribution in [1.82, 2.24) is 5.32 Å². The van der Waals surface area contributed by atoms with E-state index in [4.69, 9.17) is 4.74 Å². The number of methoxy groups -OCH3 is 1. The average molecular weight is 278 g/mol. The van der Waals surface area contributed by atoms with Crippen molar-refractivity contribution in [1.29, 1.82) is 0 Å². The van der Waals surface area contributed by atoms with Crippen LogP contribution in [0.4, 0.5) is 10.5 Å². The highest BCUT2D eigenvalue weighted by atomic mass is 16.5. The molecule has 1 rings (SSSR count). The first kappa shape index (κ1) is 16.0. The number of urea groups is 1. The third-order valence-corrected chi connectivity index (χ3v) is 2.99. The number of rotatable bonds is 6. The molecule has 0 aliphatic rings. The van der Waals surface area contributed by atoms with Crippen LogP contribution in [-0.2, 0) is 11.2 Å². The van der Waals surface area contributed by atoms with E-state index in [1.54, 1.807) is 6.07 Å². The Bertz CT molecular complexity index is 472. The zero-order valence-electron chi connectivity index (χ0n) is 12.3. The Hall–Kier alpha value is -2.04. The lowest BCUT2D eigenvalue weighted by atomic mass is 10.0. The van der Waals surface area contributed by atoms with Crippen LogP contribution in [0.3, 0.4) is 0 Å². The molecule has 0 aliphatic heterocycles. The second-order valence-electron chi connectivity index (χ2n) is 4.42. The predicted molar refractivity (Wildman–Crippen MR) is 79.1 cm³/mol. The molecule has 0 aliphatic carbocycles. The maximum atomic E-state index is 11.9. The molecular formula is C15H22N2O3. The third kappa shape index (κ3) is 4.26. The Balaban J connectivity index is 2.88. The summed E-state index contributed by atoms with van der Waals surface area (Å²) in [7, 11) is 1.33. The van der Waals surface area contributed by atoms with Crippen molar-refractivity contribution in [3.8, 4) is 0 Å². The van der Waals surface area contributed by atoms with Crippen LogP contribution in [0, 0.1) is 0 Å². The number of amides is 2. The highest BCUT2D eigenvalue weighted by Gasteiger charge is 2.17. The number of unbranched alkanes of at least 4 members (excludes halogenated alkanes) is 1. The largest absolute Gasteiger partial charge is 0.465 e. The third-order valence-electron chi connectivity index (χ3n) is 2.99. The van der Waals surface area contributed by atoms with Gasteiger partial charge in [0.1, 0.15) is 0 Å². The molecule has 2 amide bonds. The summed E-state index contributed by atoms with van der Waals surface area (Å²) in [5, 5.41) is 5.46. The van der Waals surface area contributed by atoms with Crippen LogP contribution < -0.4 is 10.6 Å². The molecule has 0 spiro atoms. The minimum Gasteiger partial charge on any atom is -0.465 e. The number of hydrogen-bond donors (Lipinski definition) is 2. The quantitative estimate of drug-likeness (QED) is 0.621. The fraction of sp³-hybridized carbons (Fsp3) is 0.467. The van der Waals surface area contributed by atoms with Gasteiger partial charge in [-0.3, -0.25) is 0 Å². The molecule has 2 N–H and O–H groups in total. The Kier molecular flexibility index (Phi) is 6.56. The van der Waals surface area contributed by atoms with Crippen LogP contribution >= 0.6 is 0 Å². The maximum absolute atomic E-state index is 11.9. The van der Waals surface area contributed by atoms with Crippen molar-refractivity contribution in [3.05, 3.63) is 29.3 Å². The summed E-state index contributed by atoms with van der Waals surface area (Å²) in [6, 6.07) is 5.06. The minimum absolute atomic E-state index is 0.308. The molecule has 1 aromatic carbocycles. The lowest BCUT2D eigenvalue weighted by Crippen LogP contribution is -2.30. The van der Waals surface area contributed by atoms with Gasteiger partial charge in [0, 0.05) is 6.54 Å². The molecule has 5 nitrogen and oxygen atoms in total. The first-order valence-electron chi connectivity index (χ1n) is 6.89. The van der Waals surface area contributed by atoms with Gasteiger partial charge in [0.25, 0.3) is 0 Å². The minimum atomic E-state index is -0.439. The molecule has 0 saturated carbocycles. The number of ether oxygens (including phenoxy) is 1. The van der Waals surface area contributed by atoms with Crippen LogP contribution in [0.5, 0.6) is 0 Å². The zero-order chi connectivity index (χ0) is 15.0. The van der Waals surface area contributed by atoms with Crippen molar-refractivity contribution < 1.29 is 14.3 Å². The summed E-state index contributed by atoms with van der Waals surface area (Å²) in [6.07, 6.45) is 2.63. The predicted octanol–water partition coefficient (Wildman–Crippen LogP) is 2.96. The fourth-order valence-corrected chi connectivity index (χ4v) is 1.89. The van der Waals surface area contributed by atoms with Crippen molar-refractivity contribution in [2.45, 2.75) is 33.1 Å². The summed E-state index contributed by atoms with van der Waals surface area (Å²) in [5.41, 5.74) is 1.75. The number of nitrogens with one attached hydrogen (secondary N) is 2. The molecule has 0 aromatic heterocycles. The van der Waals surface area contributed by atoms with Crippen molar-refractivity contribution in [3.63, 3.8) is 0 Å². The monoisotopic (exact) mass is 278 g/mol. The van der Waals surface area contributed by atoms with Gasteiger partial charge in [0.05, 0.1) is 18.4 Å². The highest BCUT2D eigenvalue weighted by molar-refractivity contribution is 6.02. The molecule has 0 saturated heterocycles. The van der Waals surface area contributed by atoms with Gasteiger partial charge >= 0.3 is 12.0 Å². The maximum Gasteiger partial charge on any atom is 0.340 e. The standard InChI is InChI=1S/C15H22N2O3/c1-4-6-10-16-15(19)17-12-9-7-8-11(5-2)13(12)14(18)20-3/h7-9H,4-6,10H2,1-3H3,(H2,16,17,19). The second-order valence-corrected chi connectivity index (χ2v) is 4.42. The number of aryl methyl sites for hydroxylation is 1. The van der Waals surface area contributed by atoms with Crippen molar-refractivity contribution in [2.24, 2.45) is 0 Å². The fourth-order valence-electron chi connectivity index (χ4n) is 1.89. The van der Waals surface area contributed by atoms with Crippen LogP contribution in [0.1, 0.15) is 42.6 Å². The summed E-state index contributed by atoms with van der Waals surface area (Å²) in [6.45, 7) is 4.62. The second kappa shape index (κ2) is 8.19. The Morgan fingerprint density at radius 3 is 2.60 bits per heavy atom. The molecule has 110 valence electrons. The molecule has 0 fully saturated rings. The van der Waals surface area contributed by atoms with Gasteiger partial charge in [0.15, 0.2) is 0 Å². The lowest BCUT2D eigenvalue weighted by molar-refractivity contribution is 0.0600. The molecule has 5 heteroatoms. The first-order chi connectivity index (χ1) is 9.63. The number of carbonyl (C=O) groups is 2. The molecule has 0 heterocycles. The lowest BCUT2D eigenvalue weighted by Gasteiger charge is -2.13. The van der Waals surface area contributed by atoms with E-state index in [-0.39, 0.29) is 6.03 Å². The molecule has 0 atom stereocenters. The topological polar surface area (TPSA) is 67.4 Å². The molecule has 0 bridgehead atoms. The van der Waals surface area contributed by atoms with E-state index >= 15 is 0 Å². The Morgan fingerprint density at radius 2 is 2.00 bits per heavy atom. The first-order valence-corrected chi connectivity index (χ1v) is 6.89. The van der Waals surface area contributed by atoms with Crippen LogP contribution in [0.2, 0.25) is 0 Å². The van der Waals surface area contributed by atoms with Crippen LogP contribution in [0.15, 0.2) is 18.2 Å². The van der Waals surface area contributed by atoms with Crippen molar-refractivity contribution in [2.75, 3.05) is 19.0 Å². The number of anilines is 1. The van der Waals surface area contributed by atoms with Gasteiger partial charge < -0.3 is 15.4 Å². The summed E-state index contributed by atoms with van der Waals surface area (Å²) in [4.78, 5) is 23.6. The van der Waals surface area contributed by atoms with E-state index in [1.165, 1.54) is 7.11 Å². The number of benzene rings is 1. The van der Waals surface area contributed by atoms with E-state index in [0.717, 1.165) is 18.4 Å². The van der Waals surface area contributed by atoms with Gasteiger partial charge in [-0.05, 0) is 24.5 Å². The van der Waals surface area contributed by atoms with E-state index in [1.807, 2.05) is 19.1 Å². The highest BCUT2D eigenvalue weighted by Crippen LogP contribution is 2.21. The van der Waals surface area contributed by atoms with Gasteiger partial charge in [-0.2, -0.15) is 0 Å².